The van der Waals surface area contributed by atoms with Crippen LogP contribution in [0.15, 0.2) is 12.5 Å². The normalized spacial score (nSPS) is 24.1. The van der Waals surface area contributed by atoms with Crippen LogP contribution in [0.5, 0.6) is 0 Å². The topological polar surface area (TPSA) is 39.5 Å². The Balaban J connectivity index is 1.49. The first-order chi connectivity index (χ1) is 11.3. The Morgan fingerprint density at radius 3 is 3.00 bits per heavy atom. The maximum absolute atomic E-state index is 6.04. The Hall–Kier alpha value is -0.910. The zero-order chi connectivity index (χ0) is 15.9. The van der Waals surface area contributed by atoms with Gasteiger partial charge in [-0.25, -0.2) is 4.98 Å². The molecule has 0 aromatic carbocycles. The number of methoxy groups -OCH3 is 1. The van der Waals surface area contributed by atoms with Crippen LogP contribution in [0, 0.1) is 5.92 Å². The largest absolute Gasteiger partial charge is 0.383 e. The zero-order valence-electron chi connectivity index (χ0n) is 14.5. The molecule has 130 valence electrons. The highest BCUT2D eigenvalue weighted by Gasteiger charge is 2.25. The lowest BCUT2D eigenvalue weighted by atomic mass is 9.85. The fraction of sp³-hybridized carbons (Fsp3) is 0.833. The molecule has 5 heteroatoms. The summed E-state index contributed by atoms with van der Waals surface area (Å²) in [5.41, 5.74) is 1.28. The molecule has 23 heavy (non-hydrogen) atoms. The molecule has 0 bridgehead atoms. The first kappa shape index (κ1) is 16.9. The molecule has 0 amide bonds. The van der Waals surface area contributed by atoms with Gasteiger partial charge in [0.05, 0.1) is 31.3 Å². The molecule has 1 saturated heterocycles. The number of aromatic nitrogens is 2. The second-order valence-corrected chi connectivity index (χ2v) is 7.04. The molecule has 2 heterocycles. The smallest absolute Gasteiger partial charge is 0.0949 e. The predicted octanol–water partition coefficient (Wildman–Crippen LogP) is 2.70. The van der Waals surface area contributed by atoms with Gasteiger partial charge in [0.2, 0.25) is 0 Å². The lowest BCUT2D eigenvalue weighted by Crippen LogP contribution is -2.43. The Labute approximate surface area is 140 Å². The van der Waals surface area contributed by atoms with E-state index in [1.807, 2.05) is 12.5 Å². The molecule has 5 nitrogen and oxygen atoms in total. The summed E-state index contributed by atoms with van der Waals surface area (Å²) in [5, 5.41) is 0. The van der Waals surface area contributed by atoms with Crippen LogP contribution in [-0.2, 0) is 22.6 Å². The van der Waals surface area contributed by atoms with Crippen molar-refractivity contribution in [1.29, 1.82) is 0 Å². The standard InChI is InChI=1S/C18H31N3O2/c1-22-9-8-21-15-19-12-17(21)13-20-7-10-23-18(14-20)11-16-5-3-2-4-6-16/h12,15-16,18H,2-11,13-14H2,1H3. The van der Waals surface area contributed by atoms with Gasteiger partial charge in [0.25, 0.3) is 0 Å². The van der Waals surface area contributed by atoms with E-state index in [-0.39, 0.29) is 0 Å². The van der Waals surface area contributed by atoms with Crippen LogP contribution in [0.25, 0.3) is 0 Å². The fourth-order valence-electron chi connectivity index (χ4n) is 3.96. The van der Waals surface area contributed by atoms with Crippen LogP contribution < -0.4 is 0 Å². The average Bonchev–Trinajstić information content (AvgIpc) is 3.01. The van der Waals surface area contributed by atoms with Crippen molar-refractivity contribution in [1.82, 2.24) is 14.5 Å². The van der Waals surface area contributed by atoms with Gasteiger partial charge in [0.1, 0.15) is 0 Å². The van der Waals surface area contributed by atoms with E-state index in [9.17, 15) is 0 Å². The molecule has 0 spiro atoms. The Kier molecular flexibility index (Phi) is 6.48. The van der Waals surface area contributed by atoms with Crippen molar-refractivity contribution in [2.45, 2.75) is 57.7 Å². The van der Waals surface area contributed by atoms with E-state index in [1.165, 1.54) is 44.2 Å². The third-order valence-electron chi connectivity index (χ3n) is 5.26. The molecule has 2 aliphatic rings. The van der Waals surface area contributed by atoms with Crippen LogP contribution in [0.2, 0.25) is 0 Å². The first-order valence-corrected chi connectivity index (χ1v) is 9.17. The third kappa shape index (κ3) is 5.03. The number of nitrogens with zero attached hydrogens (tertiary/aromatic N) is 3. The molecule has 1 saturated carbocycles. The molecule has 1 unspecified atom stereocenters. The minimum absolute atomic E-state index is 0.419. The number of imidazole rings is 1. The van der Waals surface area contributed by atoms with Crippen LogP contribution in [-0.4, -0.2) is 54.0 Å². The van der Waals surface area contributed by atoms with Crippen molar-refractivity contribution >= 4 is 0 Å². The molecule has 1 aromatic rings. The van der Waals surface area contributed by atoms with Crippen LogP contribution >= 0.6 is 0 Å². The highest BCUT2D eigenvalue weighted by molar-refractivity contribution is 4.99. The second kappa shape index (κ2) is 8.81. The van der Waals surface area contributed by atoms with Crippen LogP contribution in [0.4, 0.5) is 0 Å². The predicted molar refractivity (Wildman–Crippen MR) is 90.3 cm³/mol. The van der Waals surface area contributed by atoms with E-state index in [0.717, 1.165) is 45.3 Å². The summed E-state index contributed by atoms with van der Waals surface area (Å²) < 4.78 is 13.4. The Bertz CT molecular complexity index is 457. The summed E-state index contributed by atoms with van der Waals surface area (Å²) in [6.45, 7) is 5.53. The summed E-state index contributed by atoms with van der Waals surface area (Å²) in [7, 11) is 1.74. The molecule has 1 aliphatic heterocycles. The van der Waals surface area contributed by atoms with Crippen molar-refractivity contribution in [2.75, 3.05) is 33.4 Å². The van der Waals surface area contributed by atoms with Crippen molar-refractivity contribution < 1.29 is 9.47 Å². The first-order valence-electron chi connectivity index (χ1n) is 9.17. The van der Waals surface area contributed by atoms with Crippen molar-refractivity contribution in [3.63, 3.8) is 0 Å². The van der Waals surface area contributed by atoms with Crippen LogP contribution in [0.1, 0.15) is 44.2 Å². The quantitative estimate of drug-likeness (QED) is 0.774. The summed E-state index contributed by atoms with van der Waals surface area (Å²) in [6, 6.07) is 0. The molecular formula is C18H31N3O2. The van der Waals surface area contributed by atoms with Gasteiger partial charge in [-0.1, -0.05) is 32.1 Å². The highest BCUT2D eigenvalue weighted by Crippen LogP contribution is 2.29. The second-order valence-electron chi connectivity index (χ2n) is 7.04. The SMILES string of the molecule is COCCn1cncc1CN1CCOC(CC2CCCCC2)C1. The van der Waals surface area contributed by atoms with E-state index in [1.54, 1.807) is 7.11 Å². The molecular weight excluding hydrogens is 290 g/mol. The van der Waals surface area contributed by atoms with Gasteiger partial charge in [0, 0.05) is 39.5 Å². The van der Waals surface area contributed by atoms with Crippen molar-refractivity contribution in [3.8, 4) is 0 Å². The number of rotatable bonds is 7. The van der Waals surface area contributed by atoms with Gasteiger partial charge in [-0.05, 0) is 12.3 Å². The number of morpholine rings is 1. The number of hydrogen-bond acceptors (Lipinski definition) is 4. The van der Waals surface area contributed by atoms with E-state index >= 15 is 0 Å². The maximum Gasteiger partial charge on any atom is 0.0949 e. The maximum atomic E-state index is 6.04. The van der Waals surface area contributed by atoms with E-state index < -0.39 is 0 Å². The lowest BCUT2D eigenvalue weighted by molar-refractivity contribution is -0.0445. The highest BCUT2D eigenvalue weighted by atomic mass is 16.5. The summed E-state index contributed by atoms with van der Waals surface area (Å²) in [5.74, 6) is 0.890. The minimum atomic E-state index is 0.419. The molecule has 3 rings (SSSR count). The summed E-state index contributed by atoms with van der Waals surface area (Å²) in [6.07, 6.45) is 12.6. The van der Waals surface area contributed by atoms with E-state index in [0.29, 0.717) is 6.10 Å². The molecule has 1 aromatic heterocycles. The molecule has 1 aliphatic carbocycles. The number of hydrogen-bond donors (Lipinski definition) is 0. The van der Waals surface area contributed by atoms with E-state index in [2.05, 4.69) is 14.5 Å². The van der Waals surface area contributed by atoms with Crippen molar-refractivity contribution in [2.24, 2.45) is 5.92 Å². The van der Waals surface area contributed by atoms with Gasteiger partial charge in [-0.3, -0.25) is 4.90 Å². The Morgan fingerprint density at radius 2 is 2.17 bits per heavy atom. The minimum Gasteiger partial charge on any atom is -0.383 e. The molecule has 1 atom stereocenters. The van der Waals surface area contributed by atoms with Gasteiger partial charge >= 0.3 is 0 Å². The van der Waals surface area contributed by atoms with Crippen LogP contribution in [0.3, 0.4) is 0 Å². The average molecular weight is 321 g/mol. The van der Waals surface area contributed by atoms with Gasteiger partial charge in [-0.15, -0.1) is 0 Å². The summed E-state index contributed by atoms with van der Waals surface area (Å²) >= 11 is 0. The third-order valence-corrected chi connectivity index (χ3v) is 5.26. The monoisotopic (exact) mass is 321 g/mol. The Morgan fingerprint density at radius 1 is 1.30 bits per heavy atom. The number of ether oxygens (including phenoxy) is 2. The van der Waals surface area contributed by atoms with E-state index in [4.69, 9.17) is 9.47 Å². The molecule has 0 radical (unpaired) electrons. The molecule has 2 fully saturated rings. The fourth-order valence-corrected chi connectivity index (χ4v) is 3.96. The molecule has 0 N–H and O–H groups in total. The zero-order valence-corrected chi connectivity index (χ0v) is 14.5. The van der Waals surface area contributed by atoms with Gasteiger partial charge in [0.15, 0.2) is 0 Å². The van der Waals surface area contributed by atoms with Crippen molar-refractivity contribution in [3.05, 3.63) is 18.2 Å². The summed E-state index contributed by atoms with van der Waals surface area (Å²) in [4.78, 5) is 6.83. The lowest BCUT2D eigenvalue weighted by Gasteiger charge is -2.35. The van der Waals surface area contributed by atoms with Gasteiger partial charge < -0.3 is 14.0 Å². The van der Waals surface area contributed by atoms with Gasteiger partial charge in [-0.2, -0.15) is 0 Å².